The second-order valence-corrected chi connectivity index (χ2v) is 4.68. The quantitative estimate of drug-likeness (QED) is 0.701. The van der Waals surface area contributed by atoms with Gasteiger partial charge in [0.05, 0.1) is 12.4 Å². The second kappa shape index (κ2) is 7.45. The van der Waals surface area contributed by atoms with Crippen LogP contribution in [0.25, 0.3) is 0 Å². The Bertz CT molecular complexity index is 281. The van der Waals surface area contributed by atoms with Gasteiger partial charge in [0.2, 0.25) is 0 Å². The number of nitrogens with one attached hydrogen (secondary N) is 1. The van der Waals surface area contributed by atoms with E-state index in [0.717, 1.165) is 26.2 Å². The van der Waals surface area contributed by atoms with Crippen LogP contribution in [0, 0.1) is 0 Å². The van der Waals surface area contributed by atoms with E-state index in [2.05, 4.69) is 14.9 Å². The SMILES string of the molecule is c1cn(CCCCNCCC2CCCO2)cn1. The smallest absolute Gasteiger partial charge is 0.0945 e. The molecule has 0 saturated carbocycles. The average Bonchev–Trinajstić information content (AvgIpc) is 3.00. The molecule has 4 heteroatoms. The van der Waals surface area contributed by atoms with Crippen molar-refractivity contribution in [1.82, 2.24) is 14.9 Å². The molecule has 1 unspecified atom stereocenters. The van der Waals surface area contributed by atoms with E-state index < -0.39 is 0 Å². The van der Waals surface area contributed by atoms with Gasteiger partial charge in [0.25, 0.3) is 0 Å². The maximum absolute atomic E-state index is 5.58. The predicted molar refractivity (Wildman–Crippen MR) is 67.9 cm³/mol. The van der Waals surface area contributed by atoms with Gasteiger partial charge in [0.1, 0.15) is 0 Å². The molecule has 0 spiro atoms. The van der Waals surface area contributed by atoms with Crippen LogP contribution in [0.3, 0.4) is 0 Å². The standard InChI is InChI=1S/C13H23N3O/c1(2-9-16-10-8-15-12-16)6-14-7-5-13-4-3-11-17-13/h8,10,12-14H,1-7,9,11H2. The molecular formula is C13H23N3O. The summed E-state index contributed by atoms with van der Waals surface area (Å²) in [6.45, 7) is 4.25. The first-order valence-corrected chi connectivity index (χ1v) is 6.73. The van der Waals surface area contributed by atoms with Crippen LogP contribution in [0.4, 0.5) is 0 Å². The van der Waals surface area contributed by atoms with Crippen molar-refractivity contribution >= 4 is 0 Å². The number of imidazole rings is 1. The number of nitrogens with zero attached hydrogens (tertiary/aromatic N) is 2. The molecule has 1 N–H and O–H groups in total. The van der Waals surface area contributed by atoms with Crippen LogP contribution >= 0.6 is 0 Å². The number of ether oxygens (including phenoxy) is 1. The third kappa shape index (κ3) is 4.88. The van der Waals surface area contributed by atoms with Crippen molar-refractivity contribution < 1.29 is 4.74 Å². The number of rotatable bonds is 8. The normalized spacial score (nSPS) is 19.9. The van der Waals surface area contributed by atoms with Crippen molar-refractivity contribution in [2.75, 3.05) is 19.7 Å². The Labute approximate surface area is 103 Å². The summed E-state index contributed by atoms with van der Waals surface area (Å²) in [6, 6.07) is 0. The fourth-order valence-corrected chi connectivity index (χ4v) is 2.22. The van der Waals surface area contributed by atoms with Crippen molar-refractivity contribution in [3.63, 3.8) is 0 Å². The van der Waals surface area contributed by atoms with E-state index in [4.69, 9.17) is 4.74 Å². The molecule has 1 aromatic rings. The number of aromatic nitrogens is 2. The van der Waals surface area contributed by atoms with Gasteiger partial charge >= 0.3 is 0 Å². The molecule has 1 atom stereocenters. The van der Waals surface area contributed by atoms with Gasteiger partial charge in [0.15, 0.2) is 0 Å². The predicted octanol–water partition coefficient (Wildman–Crippen LogP) is 1.82. The van der Waals surface area contributed by atoms with E-state index in [9.17, 15) is 0 Å². The lowest BCUT2D eigenvalue weighted by Gasteiger charge is -2.09. The van der Waals surface area contributed by atoms with Gasteiger partial charge in [0, 0.05) is 25.5 Å². The van der Waals surface area contributed by atoms with Crippen LogP contribution < -0.4 is 5.32 Å². The van der Waals surface area contributed by atoms with Crippen molar-refractivity contribution in [1.29, 1.82) is 0 Å². The van der Waals surface area contributed by atoms with Crippen LogP contribution in [-0.2, 0) is 11.3 Å². The third-order valence-corrected chi connectivity index (χ3v) is 3.25. The molecule has 1 saturated heterocycles. The Morgan fingerprint density at radius 1 is 1.35 bits per heavy atom. The number of hydrogen-bond donors (Lipinski definition) is 1. The van der Waals surface area contributed by atoms with E-state index in [1.165, 1.54) is 32.1 Å². The second-order valence-electron chi connectivity index (χ2n) is 4.68. The van der Waals surface area contributed by atoms with E-state index in [-0.39, 0.29) is 0 Å². The van der Waals surface area contributed by atoms with Crippen molar-refractivity contribution in [2.45, 2.75) is 44.8 Å². The van der Waals surface area contributed by atoms with Gasteiger partial charge < -0.3 is 14.6 Å². The number of unbranched alkanes of at least 4 members (excludes halogenated alkanes) is 1. The third-order valence-electron chi connectivity index (χ3n) is 3.25. The minimum atomic E-state index is 0.522. The highest BCUT2D eigenvalue weighted by Crippen LogP contribution is 2.14. The minimum absolute atomic E-state index is 0.522. The molecule has 0 bridgehead atoms. The zero-order chi connectivity index (χ0) is 11.8. The summed E-state index contributed by atoms with van der Waals surface area (Å²) < 4.78 is 7.71. The van der Waals surface area contributed by atoms with Crippen LogP contribution in [0.5, 0.6) is 0 Å². The molecule has 0 amide bonds. The molecule has 1 aromatic heterocycles. The van der Waals surface area contributed by atoms with E-state index in [0.29, 0.717) is 6.10 Å². The lowest BCUT2D eigenvalue weighted by Crippen LogP contribution is -2.21. The first-order valence-electron chi connectivity index (χ1n) is 6.73. The maximum Gasteiger partial charge on any atom is 0.0945 e. The summed E-state index contributed by atoms with van der Waals surface area (Å²) in [5.41, 5.74) is 0. The van der Waals surface area contributed by atoms with Gasteiger partial charge in [-0.3, -0.25) is 0 Å². The maximum atomic E-state index is 5.58. The highest BCUT2D eigenvalue weighted by Gasteiger charge is 2.13. The first kappa shape index (κ1) is 12.6. The largest absolute Gasteiger partial charge is 0.378 e. The summed E-state index contributed by atoms with van der Waals surface area (Å²) in [5, 5.41) is 3.49. The molecular weight excluding hydrogens is 214 g/mol. The van der Waals surface area contributed by atoms with Gasteiger partial charge in [-0.1, -0.05) is 0 Å². The molecule has 0 radical (unpaired) electrons. The molecule has 2 rings (SSSR count). The van der Waals surface area contributed by atoms with Gasteiger partial charge in [-0.05, 0) is 45.2 Å². The molecule has 4 nitrogen and oxygen atoms in total. The van der Waals surface area contributed by atoms with Crippen molar-refractivity contribution in [2.24, 2.45) is 0 Å². The van der Waals surface area contributed by atoms with E-state index in [1.54, 1.807) is 0 Å². The Morgan fingerprint density at radius 3 is 3.12 bits per heavy atom. The molecule has 96 valence electrons. The lowest BCUT2D eigenvalue weighted by molar-refractivity contribution is 0.104. The lowest BCUT2D eigenvalue weighted by atomic mass is 10.2. The van der Waals surface area contributed by atoms with E-state index in [1.807, 2.05) is 18.7 Å². The molecule has 0 aromatic carbocycles. The fourth-order valence-electron chi connectivity index (χ4n) is 2.22. The van der Waals surface area contributed by atoms with Crippen LogP contribution in [0.15, 0.2) is 18.7 Å². The molecule has 2 heterocycles. The van der Waals surface area contributed by atoms with Crippen LogP contribution in [0.2, 0.25) is 0 Å². The van der Waals surface area contributed by atoms with Gasteiger partial charge in [-0.15, -0.1) is 0 Å². The summed E-state index contributed by atoms with van der Waals surface area (Å²) in [6.07, 6.45) is 12.4. The molecule has 1 aliphatic rings. The zero-order valence-electron chi connectivity index (χ0n) is 10.5. The van der Waals surface area contributed by atoms with Crippen LogP contribution in [-0.4, -0.2) is 35.4 Å². The topological polar surface area (TPSA) is 39.1 Å². The van der Waals surface area contributed by atoms with Crippen LogP contribution in [0.1, 0.15) is 32.1 Å². The van der Waals surface area contributed by atoms with Crippen molar-refractivity contribution in [3.05, 3.63) is 18.7 Å². The minimum Gasteiger partial charge on any atom is -0.378 e. The Balaban J connectivity index is 1.39. The summed E-state index contributed by atoms with van der Waals surface area (Å²) >= 11 is 0. The average molecular weight is 237 g/mol. The van der Waals surface area contributed by atoms with Gasteiger partial charge in [-0.25, -0.2) is 4.98 Å². The molecule has 1 aliphatic heterocycles. The summed E-state index contributed by atoms with van der Waals surface area (Å²) in [4.78, 5) is 4.03. The Morgan fingerprint density at radius 2 is 2.35 bits per heavy atom. The van der Waals surface area contributed by atoms with Crippen molar-refractivity contribution in [3.8, 4) is 0 Å². The van der Waals surface area contributed by atoms with Gasteiger partial charge in [-0.2, -0.15) is 0 Å². The molecule has 0 aliphatic carbocycles. The highest BCUT2D eigenvalue weighted by molar-refractivity contribution is 4.73. The Kier molecular flexibility index (Phi) is 5.52. The summed E-state index contributed by atoms with van der Waals surface area (Å²) in [7, 11) is 0. The number of hydrogen-bond acceptors (Lipinski definition) is 3. The molecule has 17 heavy (non-hydrogen) atoms. The van der Waals surface area contributed by atoms with E-state index >= 15 is 0 Å². The Hall–Kier alpha value is -0.870. The first-order chi connectivity index (χ1) is 8.45. The zero-order valence-corrected chi connectivity index (χ0v) is 10.5. The fraction of sp³-hybridized carbons (Fsp3) is 0.769. The molecule has 1 fully saturated rings. The summed E-state index contributed by atoms with van der Waals surface area (Å²) in [5.74, 6) is 0. The number of aryl methyl sites for hydroxylation is 1. The monoisotopic (exact) mass is 237 g/mol. The highest BCUT2D eigenvalue weighted by atomic mass is 16.5.